The molecule has 3 rings (SSSR count). The van der Waals surface area contributed by atoms with Gasteiger partial charge in [0.2, 0.25) is 0 Å². The van der Waals surface area contributed by atoms with E-state index in [2.05, 4.69) is 10.7 Å². The molecule has 1 N–H and O–H groups in total. The summed E-state index contributed by atoms with van der Waals surface area (Å²) in [5, 5.41) is 7.38. The van der Waals surface area contributed by atoms with Gasteiger partial charge in [0.05, 0.1) is 22.8 Å². The van der Waals surface area contributed by atoms with Crippen LogP contribution in [-0.4, -0.2) is 25.2 Å². The highest BCUT2D eigenvalue weighted by molar-refractivity contribution is 7.10. The second-order valence-electron chi connectivity index (χ2n) is 4.94. The van der Waals surface area contributed by atoms with Crippen LogP contribution in [0.4, 0.5) is 0 Å². The summed E-state index contributed by atoms with van der Waals surface area (Å²) in [7, 11) is 1.62. The monoisotopic (exact) mass is 308 g/mol. The highest BCUT2D eigenvalue weighted by Crippen LogP contribution is 2.34. The number of hydrogen-bond acceptors (Lipinski definition) is 4. The van der Waals surface area contributed by atoms with Crippen molar-refractivity contribution in [2.45, 2.75) is 18.8 Å². The maximum absolute atomic E-state index is 6.18. The maximum atomic E-state index is 6.18. The number of methoxy groups -OCH3 is 1. The summed E-state index contributed by atoms with van der Waals surface area (Å²) in [6.45, 7) is 2.18. The Morgan fingerprint density at radius 3 is 2.85 bits per heavy atom. The minimum Gasteiger partial charge on any atom is -0.495 e. The van der Waals surface area contributed by atoms with Gasteiger partial charge in [0.15, 0.2) is 0 Å². The summed E-state index contributed by atoms with van der Waals surface area (Å²) in [5.41, 5.74) is 2.06. The molecule has 0 atom stereocenters. The van der Waals surface area contributed by atoms with Crippen LogP contribution in [-0.2, 0) is 0 Å². The van der Waals surface area contributed by atoms with Crippen molar-refractivity contribution in [1.29, 1.82) is 0 Å². The molecule has 1 aromatic carbocycles. The number of nitrogens with one attached hydrogen (secondary N) is 1. The van der Waals surface area contributed by atoms with Gasteiger partial charge >= 0.3 is 0 Å². The van der Waals surface area contributed by atoms with Crippen LogP contribution in [0.15, 0.2) is 23.6 Å². The molecule has 0 amide bonds. The largest absolute Gasteiger partial charge is 0.495 e. The molecule has 5 heteroatoms. The average molecular weight is 309 g/mol. The van der Waals surface area contributed by atoms with Crippen LogP contribution in [0.1, 0.15) is 23.8 Å². The third-order valence-corrected chi connectivity index (χ3v) is 4.96. The molecule has 106 valence electrons. The van der Waals surface area contributed by atoms with E-state index in [0.717, 1.165) is 24.3 Å². The predicted molar refractivity (Wildman–Crippen MR) is 84.0 cm³/mol. The smallest absolute Gasteiger partial charge is 0.137 e. The molecule has 0 radical (unpaired) electrons. The predicted octanol–water partition coefficient (Wildman–Crippen LogP) is 3.94. The molecular weight excluding hydrogens is 292 g/mol. The van der Waals surface area contributed by atoms with Crippen molar-refractivity contribution in [3.05, 3.63) is 33.6 Å². The molecule has 3 nitrogen and oxygen atoms in total. The fraction of sp³-hybridized carbons (Fsp3) is 0.400. The van der Waals surface area contributed by atoms with Gasteiger partial charge in [-0.3, -0.25) is 0 Å². The molecule has 0 bridgehead atoms. The summed E-state index contributed by atoms with van der Waals surface area (Å²) in [6.07, 6.45) is 2.35. The number of ether oxygens (including phenoxy) is 1. The zero-order valence-electron chi connectivity index (χ0n) is 11.4. The molecule has 1 aliphatic rings. The zero-order valence-corrected chi connectivity index (χ0v) is 12.9. The van der Waals surface area contributed by atoms with E-state index in [0.29, 0.717) is 16.7 Å². The minimum absolute atomic E-state index is 0.601. The van der Waals surface area contributed by atoms with Gasteiger partial charge in [-0.1, -0.05) is 11.6 Å². The lowest BCUT2D eigenvalue weighted by atomic mass is 9.99. The molecule has 1 aromatic heterocycles. The maximum Gasteiger partial charge on any atom is 0.137 e. The van der Waals surface area contributed by atoms with Gasteiger partial charge < -0.3 is 10.1 Å². The van der Waals surface area contributed by atoms with Gasteiger partial charge in [0, 0.05) is 16.9 Å². The molecule has 1 fully saturated rings. The highest BCUT2D eigenvalue weighted by Gasteiger charge is 2.19. The SMILES string of the molecule is COc1ccc(-c2csc(C3CCNCC3)n2)cc1Cl. The van der Waals surface area contributed by atoms with Crippen molar-refractivity contribution in [3.8, 4) is 17.0 Å². The molecule has 0 aliphatic carbocycles. The van der Waals surface area contributed by atoms with Gasteiger partial charge in [0.25, 0.3) is 0 Å². The van der Waals surface area contributed by atoms with Crippen LogP contribution < -0.4 is 10.1 Å². The molecular formula is C15H17ClN2OS. The van der Waals surface area contributed by atoms with E-state index in [9.17, 15) is 0 Å². The molecule has 2 heterocycles. The highest BCUT2D eigenvalue weighted by atomic mass is 35.5. The molecule has 0 saturated carbocycles. The summed E-state index contributed by atoms with van der Waals surface area (Å²) in [4.78, 5) is 4.79. The van der Waals surface area contributed by atoms with Crippen molar-refractivity contribution >= 4 is 22.9 Å². The number of piperidine rings is 1. The van der Waals surface area contributed by atoms with Crippen LogP contribution in [0.5, 0.6) is 5.75 Å². The first-order valence-corrected chi connectivity index (χ1v) is 8.03. The van der Waals surface area contributed by atoms with Crippen molar-refractivity contribution < 1.29 is 4.74 Å². The van der Waals surface area contributed by atoms with Crippen molar-refractivity contribution in [2.75, 3.05) is 20.2 Å². The normalized spacial score (nSPS) is 16.3. The van der Waals surface area contributed by atoms with E-state index in [1.165, 1.54) is 17.8 Å². The number of hydrogen-bond donors (Lipinski definition) is 1. The summed E-state index contributed by atoms with van der Waals surface area (Å²) in [5.74, 6) is 1.30. The van der Waals surface area contributed by atoms with Gasteiger partial charge in [-0.05, 0) is 44.1 Å². The van der Waals surface area contributed by atoms with Gasteiger partial charge in [-0.2, -0.15) is 0 Å². The third kappa shape index (κ3) is 2.82. The molecule has 1 saturated heterocycles. The minimum atomic E-state index is 0.601. The van der Waals surface area contributed by atoms with E-state index >= 15 is 0 Å². The first-order valence-electron chi connectivity index (χ1n) is 6.78. The molecule has 2 aromatic rings. The first-order chi connectivity index (χ1) is 9.78. The van der Waals surface area contributed by atoms with E-state index in [1.807, 2.05) is 18.2 Å². The summed E-state index contributed by atoms with van der Waals surface area (Å²) in [6, 6.07) is 5.81. The Hall–Kier alpha value is -1.10. The Morgan fingerprint density at radius 1 is 1.35 bits per heavy atom. The van der Waals surface area contributed by atoms with Crippen molar-refractivity contribution in [2.24, 2.45) is 0 Å². The van der Waals surface area contributed by atoms with E-state index < -0.39 is 0 Å². The van der Waals surface area contributed by atoms with Crippen LogP contribution in [0.25, 0.3) is 11.3 Å². The van der Waals surface area contributed by atoms with E-state index in [1.54, 1.807) is 18.4 Å². The third-order valence-electron chi connectivity index (χ3n) is 3.66. The number of benzene rings is 1. The second kappa shape index (κ2) is 6.12. The number of aromatic nitrogens is 1. The van der Waals surface area contributed by atoms with Crippen LogP contribution >= 0.6 is 22.9 Å². The van der Waals surface area contributed by atoms with Gasteiger partial charge in [-0.25, -0.2) is 4.98 Å². The Balaban J connectivity index is 1.84. The summed E-state index contributed by atoms with van der Waals surface area (Å²) >= 11 is 7.93. The fourth-order valence-corrected chi connectivity index (χ4v) is 3.76. The average Bonchev–Trinajstić information content (AvgIpc) is 2.98. The number of thiazole rings is 1. The van der Waals surface area contributed by atoms with E-state index in [-0.39, 0.29) is 0 Å². The standard InChI is InChI=1S/C15H17ClN2OS/c1-19-14-3-2-11(8-12(14)16)13-9-20-15(18-13)10-4-6-17-7-5-10/h2-3,8-10,17H,4-7H2,1H3. The number of halogens is 1. The van der Waals surface area contributed by atoms with Gasteiger partial charge in [0.1, 0.15) is 5.75 Å². The van der Waals surface area contributed by atoms with Gasteiger partial charge in [-0.15, -0.1) is 11.3 Å². The first kappa shape index (κ1) is 13.9. The Morgan fingerprint density at radius 2 is 2.15 bits per heavy atom. The fourth-order valence-electron chi connectivity index (χ4n) is 2.50. The quantitative estimate of drug-likeness (QED) is 0.932. The van der Waals surface area contributed by atoms with Crippen molar-refractivity contribution in [3.63, 3.8) is 0 Å². The van der Waals surface area contributed by atoms with E-state index in [4.69, 9.17) is 21.3 Å². The Bertz CT molecular complexity index is 593. The molecule has 0 unspecified atom stereocenters. The lowest BCUT2D eigenvalue weighted by Gasteiger charge is -2.20. The lowest BCUT2D eigenvalue weighted by molar-refractivity contribution is 0.415. The molecule has 0 spiro atoms. The zero-order chi connectivity index (χ0) is 13.9. The van der Waals surface area contributed by atoms with Crippen LogP contribution in [0.3, 0.4) is 0 Å². The Labute approximate surface area is 127 Å². The van der Waals surface area contributed by atoms with Crippen molar-refractivity contribution in [1.82, 2.24) is 10.3 Å². The number of nitrogens with zero attached hydrogens (tertiary/aromatic N) is 1. The topological polar surface area (TPSA) is 34.1 Å². The molecule has 20 heavy (non-hydrogen) atoms. The molecule has 1 aliphatic heterocycles. The van der Waals surface area contributed by atoms with Crippen LogP contribution in [0.2, 0.25) is 5.02 Å². The van der Waals surface area contributed by atoms with Crippen LogP contribution in [0, 0.1) is 0 Å². The Kier molecular flexibility index (Phi) is 4.24. The lowest BCUT2D eigenvalue weighted by Crippen LogP contribution is -2.26. The second-order valence-corrected chi connectivity index (χ2v) is 6.24. The number of rotatable bonds is 3. The summed E-state index contributed by atoms with van der Waals surface area (Å²) < 4.78 is 5.18.